The van der Waals surface area contributed by atoms with Crippen molar-refractivity contribution in [1.82, 2.24) is 10.2 Å². The molecule has 2 aromatic carbocycles. The summed E-state index contributed by atoms with van der Waals surface area (Å²) in [6, 6.07) is 11.1. The van der Waals surface area contributed by atoms with Crippen LogP contribution < -0.4 is 20.3 Å². The highest BCUT2D eigenvalue weighted by atomic mass is 19.4. The zero-order valence-corrected chi connectivity index (χ0v) is 20.3. The molecule has 37 heavy (non-hydrogen) atoms. The fourth-order valence-corrected chi connectivity index (χ4v) is 4.82. The highest BCUT2D eigenvalue weighted by Crippen LogP contribution is 2.32. The van der Waals surface area contributed by atoms with Crippen molar-refractivity contribution in [3.63, 3.8) is 0 Å². The van der Waals surface area contributed by atoms with E-state index < -0.39 is 42.1 Å². The van der Waals surface area contributed by atoms with Gasteiger partial charge in [0.2, 0.25) is 0 Å². The number of hydrogen-bond acceptors (Lipinski definition) is 7. The van der Waals surface area contributed by atoms with E-state index in [2.05, 4.69) is 10.6 Å². The molecule has 4 rings (SSSR count). The van der Waals surface area contributed by atoms with Gasteiger partial charge in [-0.05, 0) is 30.3 Å². The van der Waals surface area contributed by atoms with Crippen LogP contribution in [0.4, 0.5) is 29.3 Å². The molecule has 2 fully saturated rings. The lowest BCUT2D eigenvalue weighted by Crippen LogP contribution is -2.57. The number of benzene rings is 2. The number of aliphatic hydroxyl groups excluding tert-OH is 2. The van der Waals surface area contributed by atoms with Crippen LogP contribution in [0.25, 0.3) is 0 Å². The number of methoxy groups -OCH3 is 1. The molecule has 0 saturated carbocycles. The third-order valence-electron chi connectivity index (χ3n) is 6.71. The van der Waals surface area contributed by atoms with E-state index in [0.717, 1.165) is 12.1 Å². The fourth-order valence-electron chi connectivity index (χ4n) is 4.82. The van der Waals surface area contributed by atoms with Crippen molar-refractivity contribution in [3.8, 4) is 5.75 Å². The first-order chi connectivity index (χ1) is 17.7. The van der Waals surface area contributed by atoms with E-state index in [-0.39, 0.29) is 13.2 Å². The summed E-state index contributed by atoms with van der Waals surface area (Å²) >= 11 is 0. The number of urea groups is 1. The summed E-state index contributed by atoms with van der Waals surface area (Å²) in [6.07, 6.45) is -6.80. The molecule has 4 N–H and O–H groups in total. The number of nitrogens with zero attached hydrogens (tertiary/aromatic N) is 2. The van der Waals surface area contributed by atoms with E-state index in [9.17, 15) is 28.2 Å². The lowest BCUT2D eigenvalue weighted by molar-refractivity contribution is -0.137. The molecule has 0 aliphatic carbocycles. The number of ether oxygens (including phenoxy) is 2. The molecule has 4 atom stereocenters. The maximum absolute atomic E-state index is 13.1. The van der Waals surface area contributed by atoms with Crippen molar-refractivity contribution < 1.29 is 37.7 Å². The number of carbonyl (C=O) groups is 1. The van der Waals surface area contributed by atoms with Gasteiger partial charge in [-0.15, -0.1) is 0 Å². The van der Waals surface area contributed by atoms with E-state index in [0.29, 0.717) is 43.3 Å². The maximum Gasteiger partial charge on any atom is 0.416 e. The summed E-state index contributed by atoms with van der Waals surface area (Å²) in [4.78, 5) is 16.3. The number of halogens is 3. The van der Waals surface area contributed by atoms with Crippen molar-refractivity contribution in [2.75, 3.05) is 56.7 Å². The van der Waals surface area contributed by atoms with Crippen LogP contribution in [0, 0.1) is 0 Å². The third kappa shape index (κ3) is 6.45. The molecular formula is C25H31F3N4O5. The molecule has 0 aromatic heterocycles. The number of hydrogen-bond donors (Lipinski definition) is 4. The van der Waals surface area contributed by atoms with Crippen molar-refractivity contribution in [2.24, 2.45) is 0 Å². The van der Waals surface area contributed by atoms with Gasteiger partial charge in [0.05, 0.1) is 31.4 Å². The van der Waals surface area contributed by atoms with Gasteiger partial charge in [-0.2, -0.15) is 13.2 Å². The monoisotopic (exact) mass is 524 g/mol. The summed E-state index contributed by atoms with van der Waals surface area (Å²) in [6.45, 7) is 1.53. The predicted octanol–water partition coefficient (Wildman–Crippen LogP) is 2.15. The number of nitrogens with one attached hydrogen (secondary N) is 2. The van der Waals surface area contributed by atoms with E-state index in [4.69, 9.17) is 9.47 Å². The zero-order valence-electron chi connectivity index (χ0n) is 20.3. The van der Waals surface area contributed by atoms with Gasteiger partial charge in [0, 0.05) is 50.2 Å². The van der Waals surface area contributed by atoms with Gasteiger partial charge in [0.1, 0.15) is 18.0 Å². The number of alkyl halides is 3. The summed E-state index contributed by atoms with van der Waals surface area (Å²) in [5.41, 5.74) is 0.328. The predicted molar refractivity (Wildman–Crippen MR) is 131 cm³/mol. The fraction of sp³-hybridized carbons (Fsp3) is 0.480. The van der Waals surface area contributed by atoms with E-state index in [1.54, 1.807) is 30.3 Å². The molecule has 202 valence electrons. The normalized spacial score (nSPS) is 24.6. The number of anilines is 2. The molecule has 0 unspecified atom stereocenters. The van der Waals surface area contributed by atoms with Crippen LogP contribution in [-0.4, -0.2) is 91.9 Å². The average Bonchev–Trinajstić information content (AvgIpc) is 3.22. The maximum atomic E-state index is 13.1. The molecule has 2 aliphatic rings. The van der Waals surface area contributed by atoms with Gasteiger partial charge in [0.25, 0.3) is 0 Å². The van der Waals surface area contributed by atoms with Crippen LogP contribution in [0.2, 0.25) is 0 Å². The SMILES string of the molecule is COc1cccc(NC(=O)NC[C@H]2O[C@@H](CO)[C@@H](O)[C@H]2N2CCN(c3cccc(C(F)(F)F)c3)CC2)c1. The molecule has 0 radical (unpaired) electrons. The Morgan fingerprint density at radius 3 is 2.51 bits per heavy atom. The molecule has 12 heteroatoms. The first-order valence-corrected chi connectivity index (χ1v) is 12.0. The summed E-state index contributed by atoms with van der Waals surface area (Å²) in [5, 5.41) is 26.0. The average molecular weight is 525 g/mol. The van der Waals surface area contributed by atoms with Crippen molar-refractivity contribution in [2.45, 2.75) is 30.5 Å². The number of rotatable bonds is 7. The van der Waals surface area contributed by atoms with Crippen LogP contribution in [0.3, 0.4) is 0 Å². The molecule has 2 heterocycles. The summed E-state index contributed by atoms with van der Waals surface area (Å²) < 4.78 is 50.3. The number of aliphatic hydroxyl groups is 2. The number of carbonyl (C=O) groups excluding carboxylic acids is 1. The molecule has 2 aromatic rings. The topological polar surface area (TPSA) is 107 Å². The molecule has 0 spiro atoms. The Balaban J connectivity index is 1.36. The van der Waals surface area contributed by atoms with Gasteiger partial charge in [-0.3, -0.25) is 4.90 Å². The second kappa shape index (κ2) is 11.5. The van der Waals surface area contributed by atoms with Gasteiger partial charge in [0.15, 0.2) is 0 Å². The van der Waals surface area contributed by atoms with E-state index >= 15 is 0 Å². The van der Waals surface area contributed by atoms with Gasteiger partial charge >= 0.3 is 12.2 Å². The molecule has 2 aliphatic heterocycles. The first-order valence-electron chi connectivity index (χ1n) is 12.0. The molecule has 9 nitrogen and oxygen atoms in total. The molecular weight excluding hydrogens is 493 g/mol. The Bertz CT molecular complexity index is 1060. The highest BCUT2D eigenvalue weighted by molar-refractivity contribution is 5.89. The first kappa shape index (κ1) is 27.0. The Hall–Kier alpha value is -3.06. The zero-order chi connectivity index (χ0) is 26.6. The Morgan fingerprint density at radius 1 is 1.11 bits per heavy atom. The van der Waals surface area contributed by atoms with E-state index in [1.165, 1.54) is 13.2 Å². The summed E-state index contributed by atoms with van der Waals surface area (Å²) in [5.74, 6) is 0.593. The standard InChI is InChI=1S/C25H31F3N4O5/c1-36-19-7-3-5-17(13-19)30-24(35)29-14-20-22(23(34)21(15-33)37-20)32-10-8-31(9-11-32)18-6-2-4-16(12-18)25(26,27)28/h2-7,12-13,20-23,33-34H,8-11,14-15H2,1H3,(H2,29,30,35)/t20-,21+,22+,23-/m1/s1. The molecule has 0 bridgehead atoms. The minimum atomic E-state index is -4.42. The molecule has 2 saturated heterocycles. The minimum Gasteiger partial charge on any atom is -0.497 e. The largest absolute Gasteiger partial charge is 0.497 e. The Kier molecular flexibility index (Phi) is 8.42. The van der Waals surface area contributed by atoms with Crippen molar-refractivity contribution in [3.05, 3.63) is 54.1 Å². The van der Waals surface area contributed by atoms with Crippen LogP contribution in [0.1, 0.15) is 5.56 Å². The van der Waals surface area contributed by atoms with Crippen molar-refractivity contribution in [1.29, 1.82) is 0 Å². The van der Waals surface area contributed by atoms with Crippen LogP contribution >= 0.6 is 0 Å². The lowest BCUT2D eigenvalue weighted by Gasteiger charge is -2.41. The molecule has 2 amide bonds. The Labute approximate surface area is 212 Å². The lowest BCUT2D eigenvalue weighted by atomic mass is 10.0. The third-order valence-corrected chi connectivity index (χ3v) is 6.71. The van der Waals surface area contributed by atoms with Crippen LogP contribution in [-0.2, 0) is 10.9 Å². The second-order valence-corrected chi connectivity index (χ2v) is 9.01. The minimum absolute atomic E-state index is 0.0852. The summed E-state index contributed by atoms with van der Waals surface area (Å²) in [7, 11) is 1.53. The van der Waals surface area contributed by atoms with Gasteiger partial charge < -0.3 is 35.2 Å². The second-order valence-electron chi connectivity index (χ2n) is 9.01. The van der Waals surface area contributed by atoms with E-state index in [1.807, 2.05) is 9.80 Å². The highest BCUT2D eigenvalue weighted by Gasteiger charge is 2.46. The van der Waals surface area contributed by atoms with Crippen LogP contribution in [0.15, 0.2) is 48.5 Å². The quantitative estimate of drug-likeness (QED) is 0.440. The van der Waals surface area contributed by atoms with Gasteiger partial charge in [-0.1, -0.05) is 12.1 Å². The number of piperazine rings is 1. The number of amides is 2. The Morgan fingerprint density at radius 2 is 1.84 bits per heavy atom. The smallest absolute Gasteiger partial charge is 0.416 e. The van der Waals surface area contributed by atoms with Crippen LogP contribution in [0.5, 0.6) is 5.75 Å². The van der Waals surface area contributed by atoms with Crippen molar-refractivity contribution >= 4 is 17.4 Å². The van der Waals surface area contributed by atoms with Gasteiger partial charge in [-0.25, -0.2) is 4.79 Å².